The Morgan fingerprint density at radius 3 is 2.39 bits per heavy atom. The van der Waals surface area contributed by atoms with Crippen LogP contribution in [0.2, 0.25) is 0 Å². The summed E-state index contributed by atoms with van der Waals surface area (Å²) in [5, 5.41) is 8.94. The van der Waals surface area contributed by atoms with Gasteiger partial charge in [-0.2, -0.15) is 0 Å². The number of methoxy groups -OCH3 is 1. The number of aromatic carboxylic acids is 1. The van der Waals surface area contributed by atoms with E-state index < -0.39 is 5.97 Å². The molecule has 0 radical (unpaired) electrons. The van der Waals surface area contributed by atoms with Gasteiger partial charge in [0, 0.05) is 0 Å². The minimum atomic E-state index is -1.00. The summed E-state index contributed by atoms with van der Waals surface area (Å²) < 4.78 is 10.7. The minimum absolute atomic E-state index is 0.154. The molecule has 4 nitrogen and oxygen atoms in total. The van der Waals surface area contributed by atoms with Crippen molar-refractivity contribution in [2.45, 2.75) is 0 Å². The van der Waals surface area contributed by atoms with Gasteiger partial charge in [-0.25, -0.2) is 4.79 Å². The van der Waals surface area contributed by atoms with Gasteiger partial charge in [-0.15, -0.1) is 0 Å². The fourth-order valence-electron chi connectivity index (χ4n) is 1.50. The summed E-state index contributed by atoms with van der Waals surface area (Å²) in [6.07, 6.45) is 0. The van der Waals surface area contributed by atoms with Crippen molar-refractivity contribution in [3.63, 3.8) is 0 Å². The number of ether oxygens (including phenoxy) is 2. The van der Waals surface area contributed by atoms with E-state index >= 15 is 0 Å². The molecule has 0 aliphatic heterocycles. The Kier molecular flexibility index (Phi) is 3.48. The molecule has 0 amide bonds. The van der Waals surface area contributed by atoms with E-state index in [1.807, 2.05) is 18.2 Å². The second kappa shape index (κ2) is 5.23. The highest BCUT2D eigenvalue weighted by molar-refractivity contribution is 5.88. The van der Waals surface area contributed by atoms with Crippen molar-refractivity contribution in [2.24, 2.45) is 0 Å². The third kappa shape index (κ3) is 2.60. The third-order valence-electron chi connectivity index (χ3n) is 2.38. The van der Waals surface area contributed by atoms with E-state index in [2.05, 4.69) is 0 Å². The number of carbonyl (C=O) groups is 1. The van der Waals surface area contributed by atoms with Crippen molar-refractivity contribution in [3.8, 4) is 17.2 Å². The summed E-state index contributed by atoms with van der Waals surface area (Å²) in [6, 6.07) is 13.6. The van der Waals surface area contributed by atoms with Crippen LogP contribution in [0.4, 0.5) is 0 Å². The van der Waals surface area contributed by atoms with Crippen LogP contribution in [0.15, 0.2) is 48.5 Å². The summed E-state index contributed by atoms with van der Waals surface area (Å²) >= 11 is 0. The highest BCUT2D eigenvalue weighted by atomic mass is 16.5. The molecule has 0 saturated carbocycles. The number of carboxylic acid groups (broad SMARTS) is 1. The molecule has 2 aromatic carbocycles. The molecular weight excluding hydrogens is 232 g/mol. The van der Waals surface area contributed by atoms with Gasteiger partial charge in [0.05, 0.1) is 12.7 Å². The van der Waals surface area contributed by atoms with E-state index in [1.54, 1.807) is 18.2 Å². The van der Waals surface area contributed by atoms with E-state index in [-0.39, 0.29) is 5.56 Å². The third-order valence-corrected chi connectivity index (χ3v) is 2.38. The van der Waals surface area contributed by atoms with Gasteiger partial charge in [0.2, 0.25) is 0 Å². The number of benzene rings is 2. The predicted octanol–water partition coefficient (Wildman–Crippen LogP) is 3.19. The van der Waals surface area contributed by atoms with Crippen LogP contribution < -0.4 is 9.47 Å². The van der Waals surface area contributed by atoms with Crippen LogP contribution in [0, 0.1) is 0 Å². The molecule has 0 atom stereocenters. The van der Waals surface area contributed by atoms with Gasteiger partial charge < -0.3 is 14.6 Å². The first-order valence-corrected chi connectivity index (χ1v) is 5.35. The average molecular weight is 244 g/mol. The van der Waals surface area contributed by atoms with E-state index in [0.29, 0.717) is 17.2 Å². The molecule has 0 spiro atoms. The SMILES string of the molecule is COc1ccc(C(=O)O)cc1Oc1ccccc1. The first-order valence-electron chi connectivity index (χ1n) is 5.35. The van der Waals surface area contributed by atoms with E-state index in [9.17, 15) is 4.79 Å². The molecule has 18 heavy (non-hydrogen) atoms. The van der Waals surface area contributed by atoms with Crippen molar-refractivity contribution in [2.75, 3.05) is 7.11 Å². The molecule has 0 aromatic heterocycles. The number of hydrogen-bond donors (Lipinski definition) is 1. The maximum Gasteiger partial charge on any atom is 0.335 e. The Morgan fingerprint density at radius 1 is 1.06 bits per heavy atom. The Hall–Kier alpha value is -2.49. The number of hydrogen-bond acceptors (Lipinski definition) is 3. The Bertz CT molecular complexity index is 549. The first kappa shape index (κ1) is 12.0. The summed E-state index contributed by atoms with van der Waals surface area (Å²) in [4.78, 5) is 10.9. The summed E-state index contributed by atoms with van der Waals surface area (Å²) in [6.45, 7) is 0. The normalized spacial score (nSPS) is 9.83. The molecule has 0 aliphatic rings. The lowest BCUT2D eigenvalue weighted by molar-refractivity contribution is 0.0696. The number of para-hydroxylation sites is 1. The molecule has 0 aliphatic carbocycles. The second-order valence-corrected chi connectivity index (χ2v) is 3.59. The molecule has 0 saturated heterocycles. The van der Waals surface area contributed by atoms with Crippen molar-refractivity contribution >= 4 is 5.97 Å². The van der Waals surface area contributed by atoms with Gasteiger partial charge in [0.25, 0.3) is 0 Å². The zero-order chi connectivity index (χ0) is 13.0. The molecule has 2 aromatic rings. The standard InChI is InChI=1S/C14H12O4/c1-17-12-8-7-10(14(15)16)9-13(12)18-11-5-3-2-4-6-11/h2-9H,1H3,(H,15,16). The lowest BCUT2D eigenvalue weighted by atomic mass is 10.2. The zero-order valence-electron chi connectivity index (χ0n) is 9.79. The van der Waals surface area contributed by atoms with E-state index in [0.717, 1.165) is 0 Å². The number of rotatable bonds is 4. The second-order valence-electron chi connectivity index (χ2n) is 3.59. The number of carboxylic acids is 1. The molecule has 1 N–H and O–H groups in total. The molecule has 0 fully saturated rings. The van der Waals surface area contributed by atoms with Crippen LogP contribution in [-0.2, 0) is 0 Å². The average Bonchev–Trinajstić information content (AvgIpc) is 2.39. The van der Waals surface area contributed by atoms with Crippen LogP contribution >= 0.6 is 0 Å². The summed E-state index contributed by atoms with van der Waals surface area (Å²) in [5.74, 6) is 0.487. The van der Waals surface area contributed by atoms with Gasteiger partial charge >= 0.3 is 5.97 Å². The highest BCUT2D eigenvalue weighted by Crippen LogP contribution is 2.32. The Morgan fingerprint density at radius 2 is 1.78 bits per heavy atom. The fraction of sp³-hybridized carbons (Fsp3) is 0.0714. The van der Waals surface area contributed by atoms with Crippen LogP contribution in [-0.4, -0.2) is 18.2 Å². The monoisotopic (exact) mass is 244 g/mol. The Labute approximate surface area is 104 Å². The van der Waals surface area contributed by atoms with Crippen molar-refractivity contribution in [3.05, 3.63) is 54.1 Å². The van der Waals surface area contributed by atoms with Crippen molar-refractivity contribution in [1.82, 2.24) is 0 Å². The van der Waals surface area contributed by atoms with Gasteiger partial charge in [-0.05, 0) is 30.3 Å². The van der Waals surface area contributed by atoms with Gasteiger partial charge in [0.15, 0.2) is 11.5 Å². The van der Waals surface area contributed by atoms with Crippen LogP contribution in [0.3, 0.4) is 0 Å². The fourth-order valence-corrected chi connectivity index (χ4v) is 1.50. The van der Waals surface area contributed by atoms with Crippen LogP contribution in [0.5, 0.6) is 17.2 Å². The highest BCUT2D eigenvalue weighted by Gasteiger charge is 2.10. The summed E-state index contributed by atoms with van der Waals surface area (Å²) in [5.41, 5.74) is 0.154. The zero-order valence-corrected chi connectivity index (χ0v) is 9.79. The van der Waals surface area contributed by atoms with Gasteiger partial charge in [-0.3, -0.25) is 0 Å². The maximum absolute atomic E-state index is 10.9. The summed E-state index contributed by atoms with van der Waals surface area (Å²) in [7, 11) is 1.51. The van der Waals surface area contributed by atoms with Crippen LogP contribution in [0.1, 0.15) is 10.4 Å². The lowest BCUT2D eigenvalue weighted by Crippen LogP contribution is -1.98. The topological polar surface area (TPSA) is 55.8 Å². The van der Waals surface area contributed by atoms with E-state index in [1.165, 1.54) is 19.2 Å². The molecule has 0 heterocycles. The van der Waals surface area contributed by atoms with E-state index in [4.69, 9.17) is 14.6 Å². The lowest BCUT2D eigenvalue weighted by Gasteiger charge is -2.10. The van der Waals surface area contributed by atoms with Gasteiger partial charge in [0.1, 0.15) is 5.75 Å². The molecule has 92 valence electrons. The minimum Gasteiger partial charge on any atom is -0.493 e. The largest absolute Gasteiger partial charge is 0.493 e. The molecular formula is C14H12O4. The van der Waals surface area contributed by atoms with Crippen molar-refractivity contribution < 1.29 is 19.4 Å². The maximum atomic E-state index is 10.9. The molecule has 0 bridgehead atoms. The first-order chi connectivity index (χ1) is 8.70. The van der Waals surface area contributed by atoms with Crippen molar-refractivity contribution in [1.29, 1.82) is 0 Å². The molecule has 2 rings (SSSR count). The Balaban J connectivity index is 2.35. The smallest absolute Gasteiger partial charge is 0.335 e. The van der Waals surface area contributed by atoms with Gasteiger partial charge in [-0.1, -0.05) is 18.2 Å². The predicted molar refractivity (Wildman–Crippen MR) is 66.5 cm³/mol. The van der Waals surface area contributed by atoms with Crippen LogP contribution in [0.25, 0.3) is 0 Å². The molecule has 4 heteroatoms. The molecule has 0 unspecified atom stereocenters. The quantitative estimate of drug-likeness (QED) is 0.897.